The summed E-state index contributed by atoms with van der Waals surface area (Å²) in [6.07, 6.45) is 6.77. The SMILES string of the molecule is Cc1cnsc1C(=O)Nc1scc(-c2cnc(N3CCCCC3)nc2C)c1C(=O)O. The molecular weight excluding hydrogens is 422 g/mol. The van der Waals surface area contributed by atoms with E-state index < -0.39 is 5.97 Å². The molecule has 0 atom stereocenters. The third-order valence-electron chi connectivity index (χ3n) is 5.08. The third kappa shape index (κ3) is 3.92. The number of amides is 1. The van der Waals surface area contributed by atoms with Gasteiger partial charge in [0.1, 0.15) is 15.4 Å². The van der Waals surface area contributed by atoms with Crippen molar-refractivity contribution in [1.29, 1.82) is 0 Å². The molecule has 1 saturated heterocycles. The van der Waals surface area contributed by atoms with Crippen molar-refractivity contribution >= 4 is 45.7 Å². The van der Waals surface area contributed by atoms with Crippen LogP contribution in [0.3, 0.4) is 0 Å². The van der Waals surface area contributed by atoms with Gasteiger partial charge in [0.05, 0.1) is 5.69 Å². The van der Waals surface area contributed by atoms with Gasteiger partial charge in [-0.3, -0.25) is 4.79 Å². The molecule has 4 rings (SSSR count). The molecule has 3 aromatic heterocycles. The number of hydrogen-bond donors (Lipinski definition) is 2. The Morgan fingerprint density at radius 3 is 2.53 bits per heavy atom. The van der Waals surface area contributed by atoms with E-state index in [9.17, 15) is 14.7 Å². The zero-order valence-corrected chi connectivity index (χ0v) is 18.3. The van der Waals surface area contributed by atoms with Crippen molar-refractivity contribution in [3.05, 3.63) is 39.5 Å². The first kappa shape index (κ1) is 20.4. The lowest BCUT2D eigenvalue weighted by molar-refractivity contribution is 0.0699. The van der Waals surface area contributed by atoms with Gasteiger partial charge in [0, 0.05) is 42.0 Å². The number of carbonyl (C=O) groups is 2. The summed E-state index contributed by atoms with van der Waals surface area (Å²) in [7, 11) is 0. The second-order valence-corrected chi connectivity index (χ2v) is 8.85. The highest BCUT2D eigenvalue weighted by Crippen LogP contribution is 2.37. The minimum absolute atomic E-state index is 0.0490. The van der Waals surface area contributed by atoms with Crippen LogP contribution in [0.25, 0.3) is 11.1 Å². The van der Waals surface area contributed by atoms with Gasteiger partial charge in [0.2, 0.25) is 5.95 Å². The van der Waals surface area contributed by atoms with Crippen molar-refractivity contribution in [2.75, 3.05) is 23.3 Å². The Kier molecular flexibility index (Phi) is 5.78. The lowest BCUT2D eigenvalue weighted by Crippen LogP contribution is -2.31. The summed E-state index contributed by atoms with van der Waals surface area (Å²) in [5.41, 5.74) is 2.67. The van der Waals surface area contributed by atoms with Crippen LogP contribution in [-0.2, 0) is 0 Å². The van der Waals surface area contributed by atoms with E-state index >= 15 is 0 Å². The number of hydrogen-bond acceptors (Lipinski definition) is 8. The number of carboxylic acid groups (broad SMARTS) is 1. The predicted octanol–water partition coefficient (Wildman–Crippen LogP) is 4.22. The van der Waals surface area contributed by atoms with Crippen LogP contribution in [0.1, 0.15) is 50.5 Å². The van der Waals surface area contributed by atoms with Crippen LogP contribution in [0.2, 0.25) is 0 Å². The Balaban J connectivity index is 1.65. The Morgan fingerprint density at radius 2 is 1.90 bits per heavy atom. The molecule has 0 aliphatic carbocycles. The highest BCUT2D eigenvalue weighted by atomic mass is 32.1. The number of aryl methyl sites for hydroxylation is 2. The zero-order valence-electron chi connectivity index (χ0n) is 16.6. The Hall–Kier alpha value is -2.85. The smallest absolute Gasteiger partial charge is 0.339 e. The number of piperidine rings is 1. The number of aromatic carboxylic acids is 1. The van der Waals surface area contributed by atoms with E-state index in [1.165, 1.54) is 17.8 Å². The number of carbonyl (C=O) groups excluding carboxylic acids is 1. The fourth-order valence-electron chi connectivity index (χ4n) is 3.50. The first-order valence-electron chi connectivity index (χ1n) is 9.62. The molecule has 0 spiro atoms. The van der Waals surface area contributed by atoms with Gasteiger partial charge in [0.25, 0.3) is 5.91 Å². The largest absolute Gasteiger partial charge is 0.478 e. The van der Waals surface area contributed by atoms with E-state index in [1.54, 1.807) is 24.7 Å². The van der Waals surface area contributed by atoms with Gasteiger partial charge in [-0.2, -0.15) is 0 Å². The molecule has 4 heterocycles. The minimum atomic E-state index is -1.11. The van der Waals surface area contributed by atoms with Crippen molar-refractivity contribution in [2.45, 2.75) is 33.1 Å². The maximum absolute atomic E-state index is 12.5. The van der Waals surface area contributed by atoms with Crippen molar-refractivity contribution < 1.29 is 14.7 Å². The molecule has 0 unspecified atom stereocenters. The Bertz CT molecular complexity index is 1100. The van der Waals surface area contributed by atoms with Crippen molar-refractivity contribution in [3.8, 4) is 11.1 Å². The molecule has 0 saturated carbocycles. The van der Waals surface area contributed by atoms with E-state index in [4.69, 9.17) is 0 Å². The van der Waals surface area contributed by atoms with Gasteiger partial charge in [-0.1, -0.05) is 0 Å². The van der Waals surface area contributed by atoms with Crippen molar-refractivity contribution in [3.63, 3.8) is 0 Å². The van der Waals surface area contributed by atoms with Crippen LogP contribution >= 0.6 is 22.9 Å². The second-order valence-electron chi connectivity index (χ2n) is 7.17. The molecule has 156 valence electrons. The molecule has 1 amide bonds. The van der Waals surface area contributed by atoms with Crippen molar-refractivity contribution in [1.82, 2.24) is 14.3 Å². The van der Waals surface area contributed by atoms with Gasteiger partial charge in [-0.25, -0.2) is 19.1 Å². The van der Waals surface area contributed by atoms with Crippen LogP contribution in [0.4, 0.5) is 10.9 Å². The summed E-state index contributed by atoms with van der Waals surface area (Å²) < 4.78 is 4.00. The van der Waals surface area contributed by atoms with Crippen LogP contribution in [-0.4, -0.2) is 44.4 Å². The van der Waals surface area contributed by atoms with Gasteiger partial charge in [-0.15, -0.1) is 11.3 Å². The normalized spacial score (nSPS) is 14.0. The van der Waals surface area contributed by atoms with Gasteiger partial charge in [-0.05, 0) is 50.2 Å². The first-order valence-corrected chi connectivity index (χ1v) is 11.3. The highest BCUT2D eigenvalue weighted by molar-refractivity contribution is 7.15. The molecule has 8 nitrogen and oxygen atoms in total. The number of nitrogens with one attached hydrogen (secondary N) is 1. The standard InChI is InChI=1S/C20H21N5O3S2/c1-11-8-22-30-16(11)17(26)24-18-15(19(27)28)14(10-29-18)13-9-21-20(23-12(13)2)25-6-4-3-5-7-25/h8-10H,3-7H2,1-2H3,(H,24,26)(H,27,28). The predicted molar refractivity (Wildman–Crippen MR) is 118 cm³/mol. The molecule has 2 N–H and O–H groups in total. The molecule has 0 radical (unpaired) electrons. The Labute approximate surface area is 181 Å². The van der Waals surface area contributed by atoms with Crippen LogP contribution in [0.15, 0.2) is 17.8 Å². The highest BCUT2D eigenvalue weighted by Gasteiger charge is 2.24. The third-order valence-corrected chi connectivity index (χ3v) is 6.88. The molecule has 1 aliphatic rings. The van der Waals surface area contributed by atoms with Gasteiger partial charge in [0.15, 0.2) is 0 Å². The molecule has 1 fully saturated rings. The van der Waals surface area contributed by atoms with Crippen LogP contribution < -0.4 is 10.2 Å². The lowest BCUT2D eigenvalue weighted by Gasteiger charge is -2.26. The van der Waals surface area contributed by atoms with Crippen molar-refractivity contribution in [2.24, 2.45) is 0 Å². The molecule has 1 aliphatic heterocycles. The average Bonchev–Trinajstić information content (AvgIpc) is 3.34. The van der Waals surface area contributed by atoms with Crippen LogP contribution in [0.5, 0.6) is 0 Å². The molecule has 0 bridgehead atoms. The number of nitrogens with zero attached hydrogens (tertiary/aromatic N) is 4. The maximum Gasteiger partial charge on any atom is 0.339 e. The summed E-state index contributed by atoms with van der Waals surface area (Å²) in [6, 6.07) is 0. The molecule has 10 heteroatoms. The summed E-state index contributed by atoms with van der Waals surface area (Å²) >= 11 is 2.26. The second kappa shape index (κ2) is 8.49. The number of rotatable bonds is 5. The van der Waals surface area contributed by atoms with E-state index in [-0.39, 0.29) is 16.5 Å². The fourth-order valence-corrected chi connectivity index (χ4v) is 5.09. The number of anilines is 2. The van der Waals surface area contributed by atoms with E-state index in [0.29, 0.717) is 27.6 Å². The maximum atomic E-state index is 12.5. The first-order chi connectivity index (χ1) is 14.5. The van der Waals surface area contributed by atoms with E-state index in [2.05, 4.69) is 24.6 Å². The summed E-state index contributed by atoms with van der Waals surface area (Å²) in [5.74, 6) is -0.793. The van der Waals surface area contributed by atoms with Gasteiger partial charge >= 0.3 is 5.97 Å². The average molecular weight is 444 g/mol. The molecular formula is C20H21N5O3S2. The van der Waals surface area contributed by atoms with Gasteiger partial charge < -0.3 is 15.3 Å². The molecule has 0 aromatic carbocycles. The topological polar surface area (TPSA) is 108 Å². The quantitative estimate of drug-likeness (QED) is 0.608. The molecule has 3 aromatic rings. The minimum Gasteiger partial charge on any atom is -0.478 e. The monoisotopic (exact) mass is 443 g/mol. The summed E-state index contributed by atoms with van der Waals surface area (Å²) in [4.78, 5) is 36.3. The van der Waals surface area contributed by atoms with Crippen LogP contribution in [0, 0.1) is 13.8 Å². The summed E-state index contributed by atoms with van der Waals surface area (Å²) in [5, 5.41) is 14.6. The molecule has 30 heavy (non-hydrogen) atoms. The van der Waals surface area contributed by atoms with E-state index in [0.717, 1.165) is 43.0 Å². The summed E-state index contributed by atoms with van der Waals surface area (Å²) in [6.45, 7) is 5.52. The number of aromatic nitrogens is 3. The number of carboxylic acids is 1. The zero-order chi connectivity index (χ0) is 21.3. The Morgan fingerprint density at radius 1 is 1.13 bits per heavy atom. The van der Waals surface area contributed by atoms with E-state index in [1.807, 2.05) is 6.92 Å². The lowest BCUT2D eigenvalue weighted by atomic mass is 10.0. The fraction of sp³-hybridized carbons (Fsp3) is 0.350. The number of thiophene rings is 1.